The van der Waals surface area contributed by atoms with Gasteiger partial charge in [-0.2, -0.15) is 0 Å². The summed E-state index contributed by atoms with van der Waals surface area (Å²) >= 11 is 10.7. The smallest absolute Gasteiger partial charge is 0.105 e. The lowest BCUT2D eigenvalue weighted by Gasteiger charge is -2.03. The van der Waals surface area contributed by atoms with E-state index in [1.54, 1.807) is 12.4 Å². The predicted octanol–water partition coefficient (Wildman–Crippen LogP) is 4.35. The molecule has 16 heavy (non-hydrogen) atoms. The van der Waals surface area contributed by atoms with Crippen LogP contribution in [0.1, 0.15) is 5.56 Å². The van der Waals surface area contributed by atoms with Crippen molar-refractivity contribution in [1.29, 1.82) is 0 Å². The van der Waals surface area contributed by atoms with Crippen LogP contribution < -0.4 is 0 Å². The third-order valence-corrected chi connectivity index (χ3v) is 3.63. The van der Waals surface area contributed by atoms with Crippen LogP contribution >= 0.6 is 39.3 Å². The minimum absolute atomic E-state index is 0.643. The molecule has 82 valence electrons. The van der Waals surface area contributed by atoms with E-state index in [1.807, 2.05) is 25.1 Å². The second-order valence-electron chi connectivity index (χ2n) is 3.19. The second-order valence-corrected chi connectivity index (χ2v) is 5.55. The fraction of sp³-hybridized carbons (Fsp3) is 0.0909. The van der Waals surface area contributed by atoms with Crippen molar-refractivity contribution >= 4 is 39.3 Å². The van der Waals surface area contributed by atoms with Gasteiger partial charge in [-0.25, -0.2) is 9.97 Å². The van der Waals surface area contributed by atoms with Gasteiger partial charge in [0.15, 0.2) is 0 Å². The number of rotatable bonds is 2. The maximum atomic E-state index is 5.77. The highest BCUT2D eigenvalue weighted by Gasteiger charge is 2.04. The van der Waals surface area contributed by atoms with Crippen molar-refractivity contribution in [3.63, 3.8) is 0 Å². The first kappa shape index (κ1) is 11.9. The lowest BCUT2D eigenvalue weighted by atomic mass is 10.3. The molecule has 0 unspecified atom stereocenters. The maximum absolute atomic E-state index is 5.77. The summed E-state index contributed by atoms with van der Waals surface area (Å²) in [7, 11) is 0. The third-order valence-electron chi connectivity index (χ3n) is 1.90. The summed E-state index contributed by atoms with van der Waals surface area (Å²) < 4.78 is 0.985. The molecule has 0 saturated heterocycles. The van der Waals surface area contributed by atoms with Crippen LogP contribution in [0.2, 0.25) is 5.02 Å². The second kappa shape index (κ2) is 5.17. The fourth-order valence-electron chi connectivity index (χ4n) is 1.16. The normalized spacial score (nSPS) is 10.4. The standard InChI is InChI=1S/C11H8BrClN2S/c1-7-4-8(12)5-15-11(7)16-10-3-2-9(13)6-14-10/h2-6H,1H3. The van der Waals surface area contributed by atoms with Crippen LogP contribution in [-0.4, -0.2) is 9.97 Å². The van der Waals surface area contributed by atoms with Crippen LogP contribution in [0.5, 0.6) is 0 Å². The Morgan fingerprint density at radius 1 is 1.25 bits per heavy atom. The number of nitrogens with zero attached hydrogens (tertiary/aromatic N) is 2. The molecule has 2 aromatic heterocycles. The predicted molar refractivity (Wildman–Crippen MR) is 70.0 cm³/mol. The first-order valence-corrected chi connectivity index (χ1v) is 6.55. The van der Waals surface area contributed by atoms with E-state index >= 15 is 0 Å². The Hall–Kier alpha value is -0.580. The molecular weight excluding hydrogens is 308 g/mol. The highest BCUT2D eigenvalue weighted by molar-refractivity contribution is 9.10. The van der Waals surface area contributed by atoms with Crippen LogP contribution in [0.3, 0.4) is 0 Å². The molecular formula is C11H8BrClN2S. The Bertz CT molecular complexity index is 502. The summed E-state index contributed by atoms with van der Waals surface area (Å²) in [6, 6.07) is 5.74. The summed E-state index contributed by atoms with van der Waals surface area (Å²) in [5.41, 5.74) is 1.12. The number of hydrogen-bond acceptors (Lipinski definition) is 3. The fourth-order valence-corrected chi connectivity index (χ4v) is 2.48. The van der Waals surface area contributed by atoms with Crippen LogP contribution in [-0.2, 0) is 0 Å². The first-order valence-electron chi connectivity index (χ1n) is 4.57. The van der Waals surface area contributed by atoms with Gasteiger partial charge >= 0.3 is 0 Å². The minimum Gasteiger partial charge on any atom is -0.248 e. The molecule has 0 aliphatic heterocycles. The quantitative estimate of drug-likeness (QED) is 0.824. The van der Waals surface area contributed by atoms with Gasteiger partial charge in [0.25, 0.3) is 0 Å². The molecule has 2 rings (SSSR count). The van der Waals surface area contributed by atoms with Crippen molar-refractivity contribution in [1.82, 2.24) is 9.97 Å². The Morgan fingerprint density at radius 3 is 2.69 bits per heavy atom. The molecule has 2 nitrogen and oxygen atoms in total. The molecule has 0 bridgehead atoms. The van der Waals surface area contributed by atoms with E-state index in [4.69, 9.17) is 11.6 Å². The van der Waals surface area contributed by atoms with Gasteiger partial charge in [0.05, 0.1) is 5.02 Å². The summed E-state index contributed by atoms with van der Waals surface area (Å²) in [5, 5.41) is 2.49. The topological polar surface area (TPSA) is 25.8 Å². The summed E-state index contributed by atoms with van der Waals surface area (Å²) in [5.74, 6) is 0. The molecule has 0 radical (unpaired) electrons. The lowest BCUT2D eigenvalue weighted by molar-refractivity contribution is 1.05. The Balaban J connectivity index is 2.23. The van der Waals surface area contributed by atoms with Gasteiger partial charge in [-0.1, -0.05) is 11.6 Å². The van der Waals surface area contributed by atoms with Crippen LogP contribution in [0, 0.1) is 6.92 Å². The van der Waals surface area contributed by atoms with Gasteiger partial charge in [0, 0.05) is 16.9 Å². The van der Waals surface area contributed by atoms with E-state index in [0.717, 1.165) is 20.1 Å². The zero-order valence-electron chi connectivity index (χ0n) is 8.45. The molecule has 0 N–H and O–H groups in total. The van der Waals surface area contributed by atoms with Gasteiger partial charge < -0.3 is 0 Å². The van der Waals surface area contributed by atoms with Crippen LogP contribution in [0.15, 0.2) is 45.1 Å². The Kier molecular flexibility index (Phi) is 3.84. The molecule has 2 heterocycles. The molecule has 0 spiro atoms. The molecule has 0 aliphatic rings. The lowest BCUT2D eigenvalue weighted by Crippen LogP contribution is -1.86. The van der Waals surface area contributed by atoms with Crippen LogP contribution in [0.4, 0.5) is 0 Å². The number of hydrogen-bond donors (Lipinski definition) is 0. The van der Waals surface area contributed by atoms with Crippen molar-refractivity contribution in [3.8, 4) is 0 Å². The number of aryl methyl sites for hydroxylation is 1. The van der Waals surface area contributed by atoms with E-state index in [9.17, 15) is 0 Å². The van der Waals surface area contributed by atoms with Crippen molar-refractivity contribution in [3.05, 3.63) is 45.7 Å². The molecule has 2 aromatic rings. The number of pyridine rings is 2. The van der Waals surface area contributed by atoms with Gasteiger partial charge in [0.2, 0.25) is 0 Å². The van der Waals surface area contributed by atoms with Crippen LogP contribution in [0.25, 0.3) is 0 Å². The van der Waals surface area contributed by atoms with E-state index < -0.39 is 0 Å². The largest absolute Gasteiger partial charge is 0.248 e. The monoisotopic (exact) mass is 314 g/mol. The summed E-state index contributed by atoms with van der Waals surface area (Å²) in [4.78, 5) is 8.56. The first-order chi connectivity index (χ1) is 7.65. The molecule has 0 amide bonds. The van der Waals surface area contributed by atoms with E-state index in [0.29, 0.717) is 5.02 Å². The molecule has 0 aliphatic carbocycles. The summed E-state index contributed by atoms with van der Waals surface area (Å²) in [6.45, 7) is 2.02. The molecule has 0 saturated carbocycles. The summed E-state index contributed by atoms with van der Waals surface area (Å²) in [6.07, 6.45) is 3.42. The average Bonchev–Trinajstić information content (AvgIpc) is 2.25. The number of halogens is 2. The Labute approximate surface area is 112 Å². The van der Waals surface area contributed by atoms with Crippen molar-refractivity contribution in [2.24, 2.45) is 0 Å². The van der Waals surface area contributed by atoms with Gasteiger partial charge in [0.1, 0.15) is 10.1 Å². The van der Waals surface area contributed by atoms with E-state index in [1.165, 1.54) is 11.8 Å². The molecule has 0 atom stereocenters. The Morgan fingerprint density at radius 2 is 2.06 bits per heavy atom. The number of aromatic nitrogens is 2. The van der Waals surface area contributed by atoms with Gasteiger partial charge in [-0.15, -0.1) is 0 Å². The average molecular weight is 316 g/mol. The molecule has 0 fully saturated rings. The SMILES string of the molecule is Cc1cc(Br)cnc1Sc1ccc(Cl)cn1. The molecule has 0 aromatic carbocycles. The highest BCUT2D eigenvalue weighted by atomic mass is 79.9. The molecule has 5 heteroatoms. The van der Waals surface area contributed by atoms with Crippen molar-refractivity contribution in [2.75, 3.05) is 0 Å². The van der Waals surface area contributed by atoms with E-state index in [-0.39, 0.29) is 0 Å². The maximum Gasteiger partial charge on any atom is 0.105 e. The van der Waals surface area contributed by atoms with Crippen molar-refractivity contribution < 1.29 is 0 Å². The van der Waals surface area contributed by atoms with Gasteiger partial charge in [-0.3, -0.25) is 0 Å². The third kappa shape index (κ3) is 2.97. The zero-order chi connectivity index (χ0) is 11.5. The van der Waals surface area contributed by atoms with Crippen molar-refractivity contribution in [2.45, 2.75) is 17.0 Å². The zero-order valence-corrected chi connectivity index (χ0v) is 11.6. The minimum atomic E-state index is 0.643. The van der Waals surface area contributed by atoms with E-state index in [2.05, 4.69) is 25.9 Å². The highest BCUT2D eigenvalue weighted by Crippen LogP contribution is 2.28. The van der Waals surface area contributed by atoms with Gasteiger partial charge in [-0.05, 0) is 58.4 Å².